The van der Waals surface area contributed by atoms with Gasteiger partial charge in [-0.25, -0.2) is 0 Å². The molecule has 2 heteroatoms. The first-order valence-corrected chi connectivity index (χ1v) is 5.67. The van der Waals surface area contributed by atoms with Gasteiger partial charge in [-0.05, 0) is 30.6 Å². The van der Waals surface area contributed by atoms with E-state index in [1.165, 1.54) is 12.5 Å². The Kier molecular flexibility index (Phi) is 6.97. The Balaban J connectivity index is 0.000000583. The number of carbonyl (C=O) groups excluding carboxylic acids is 1. The number of hydrogen-bond donors (Lipinski definition) is 1. The molecule has 2 nitrogen and oxygen atoms in total. The summed E-state index contributed by atoms with van der Waals surface area (Å²) in [7, 11) is 0. The zero-order valence-electron chi connectivity index (χ0n) is 10.2. The predicted molar refractivity (Wildman–Crippen MR) is 63.7 cm³/mol. The van der Waals surface area contributed by atoms with E-state index >= 15 is 0 Å². The fraction of sp³-hybridized carbons (Fsp3) is 0.615. The summed E-state index contributed by atoms with van der Waals surface area (Å²) in [4.78, 5) is 11.1. The van der Waals surface area contributed by atoms with Gasteiger partial charge in [-0.3, -0.25) is 4.79 Å². The molecule has 0 amide bonds. The average molecular weight is 210 g/mol. The summed E-state index contributed by atoms with van der Waals surface area (Å²) < 4.78 is 0. The summed E-state index contributed by atoms with van der Waals surface area (Å²) in [5.74, 6) is -0.182. The largest absolute Gasteiger partial charge is 0.381 e. The molecule has 1 aliphatic carbocycles. The van der Waals surface area contributed by atoms with Gasteiger partial charge in [-0.2, -0.15) is 0 Å². The normalized spacial score (nSPS) is 20.1. The lowest BCUT2D eigenvalue weighted by atomic mass is 9.93. The Morgan fingerprint density at radius 1 is 1.27 bits per heavy atom. The topological polar surface area (TPSA) is 37.3 Å². The zero-order valence-corrected chi connectivity index (χ0v) is 10.2. The first-order valence-electron chi connectivity index (χ1n) is 5.67. The van der Waals surface area contributed by atoms with Crippen molar-refractivity contribution in [2.24, 2.45) is 0 Å². The molecule has 0 aromatic rings. The SMILES string of the molecule is CCC.CCCC1=CC(C)=CC(=O)C1O. The number of allylic oxidation sites excluding steroid dienone is 2. The Hall–Kier alpha value is -0.890. The molecule has 0 spiro atoms. The summed E-state index contributed by atoms with van der Waals surface area (Å²) in [6.45, 7) is 8.16. The standard InChI is InChI=1S/C10H14O2.C3H8/c1-3-4-8-5-7(2)6-9(11)10(8)12;1-3-2/h5-6,10,12H,3-4H2,1-2H3;3H2,1-2H3. The molecule has 0 saturated carbocycles. The summed E-state index contributed by atoms with van der Waals surface area (Å²) in [5.41, 5.74) is 1.79. The molecule has 1 N–H and O–H groups in total. The second-order valence-corrected chi connectivity index (χ2v) is 3.87. The summed E-state index contributed by atoms with van der Waals surface area (Å²) >= 11 is 0. The first-order chi connectivity index (χ1) is 7.06. The zero-order chi connectivity index (χ0) is 11.8. The monoisotopic (exact) mass is 210 g/mol. The van der Waals surface area contributed by atoms with Crippen molar-refractivity contribution in [2.45, 2.75) is 53.1 Å². The molecule has 1 unspecified atom stereocenters. The van der Waals surface area contributed by atoms with Gasteiger partial charge in [-0.1, -0.05) is 39.7 Å². The van der Waals surface area contributed by atoms with Gasteiger partial charge in [0.15, 0.2) is 5.78 Å². The second kappa shape index (κ2) is 7.41. The van der Waals surface area contributed by atoms with Gasteiger partial charge < -0.3 is 5.11 Å². The molecule has 1 aliphatic rings. The van der Waals surface area contributed by atoms with E-state index in [0.29, 0.717) is 0 Å². The van der Waals surface area contributed by atoms with Crippen molar-refractivity contribution < 1.29 is 9.90 Å². The van der Waals surface area contributed by atoms with Crippen LogP contribution in [0.2, 0.25) is 0 Å². The van der Waals surface area contributed by atoms with E-state index in [1.807, 2.05) is 19.9 Å². The van der Waals surface area contributed by atoms with Crippen molar-refractivity contribution in [3.8, 4) is 0 Å². The molecule has 1 rings (SSSR count). The number of aliphatic hydroxyl groups excluding tert-OH is 1. The molecule has 15 heavy (non-hydrogen) atoms. The predicted octanol–water partition coefficient (Wildman–Crippen LogP) is 3.02. The Bertz CT molecular complexity index is 262. The van der Waals surface area contributed by atoms with Gasteiger partial charge in [-0.15, -0.1) is 0 Å². The molecule has 0 saturated heterocycles. The molecule has 1 atom stereocenters. The third-order valence-electron chi connectivity index (χ3n) is 1.94. The third-order valence-corrected chi connectivity index (χ3v) is 1.94. The van der Waals surface area contributed by atoms with E-state index in [2.05, 4.69) is 13.8 Å². The van der Waals surface area contributed by atoms with Crippen molar-refractivity contribution in [3.63, 3.8) is 0 Å². The quantitative estimate of drug-likeness (QED) is 0.760. The summed E-state index contributed by atoms with van der Waals surface area (Å²) in [6, 6.07) is 0. The van der Waals surface area contributed by atoms with Gasteiger partial charge in [0, 0.05) is 0 Å². The Morgan fingerprint density at radius 2 is 1.80 bits per heavy atom. The van der Waals surface area contributed by atoms with Crippen LogP contribution in [0.25, 0.3) is 0 Å². The van der Waals surface area contributed by atoms with Crippen LogP contribution in [0.1, 0.15) is 47.0 Å². The van der Waals surface area contributed by atoms with Crippen LogP contribution < -0.4 is 0 Å². The lowest BCUT2D eigenvalue weighted by Gasteiger charge is -2.16. The molecule has 0 aromatic heterocycles. The van der Waals surface area contributed by atoms with E-state index in [-0.39, 0.29) is 5.78 Å². The molecule has 0 aliphatic heterocycles. The van der Waals surface area contributed by atoms with E-state index in [1.54, 1.807) is 0 Å². The van der Waals surface area contributed by atoms with Crippen LogP contribution in [0, 0.1) is 0 Å². The minimum atomic E-state index is -0.881. The highest BCUT2D eigenvalue weighted by atomic mass is 16.3. The first kappa shape index (κ1) is 14.1. The van der Waals surface area contributed by atoms with E-state index < -0.39 is 6.10 Å². The maximum atomic E-state index is 11.1. The van der Waals surface area contributed by atoms with Crippen LogP contribution in [0.15, 0.2) is 23.3 Å². The van der Waals surface area contributed by atoms with Gasteiger partial charge >= 0.3 is 0 Å². The molecular formula is C13H22O2. The van der Waals surface area contributed by atoms with Crippen molar-refractivity contribution in [2.75, 3.05) is 0 Å². The fourth-order valence-electron chi connectivity index (χ4n) is 1.40. The number of hydrogen-bond acceptors (Lipinski definition) is 2. The third kappa shape index (κ3) is 4.93. The lowest BCUT2D eigenvalue weighted by molar-refractivity contribution is -0.120. The van der Waals surface area contributed by atoms with Gasteiger partial charge in [0.05, 0.1) is 0 Å². The van der Waals surface area contributed by atoms with Gasteiger partial charge in [0.1, 0.15) is 6.10 Å². The minimum absolute atomic E-state index is 0.182. The van der Waals surface area contributed by atoms with Crippen molar-refractivity contribution in [3.05, 3.63) is 23.3 Å². The Labute approximate surface area is 92.7 Å². The maximum Gasteiger partial charge on any atom is 0.188 e. The van der Waals surface area contributed by atoms with Crippen molar-refractivity contribution in [1.82, 2.24) is 0 Å². The number of rotatable bonds is 2. The fourth-order valence-corrected chi connectivity index (χ4v) is 1.40. The van der Waals surface area contributed by atoms with Gasteiger partial charge in [0.2, 0.25) is 0 Å². The number of aliphatic hydroxyl groups is 1. The molecule has 0 bridgehead atoms. The Morgan fingerprint density at radius 3 is 2.27 bits per heavy atom. The number of ketones is 1. The molecule has 0 heterocycles. The smallest absolute Gasteiger partial charge is 0.188 e. The second-order valence-electron chi connectivity index (χ2n) is 3.87. The van der Waals surface area contributed by atoms with Crippen LogP contribution >= 0.6 is 0 Å². The van der Waals surface area contributed by atoms with Crippen molar-refractivity contribution in [1.29, 1.82) is 0 Å². The van der Waals surface area contributed by atoms with E-state index in [4.69, 9.17) is 0 Å². The van der Waals surface area contributed by atoms with Crippen LogP contribution in [0.5, 0.6) is 0 Å². The molecule has 86 valence electrons. The van der Waals surface area contributed by atoms with Gasteiger partial charge in [0.25, 0.3) is 0 Å². The number of carbonyl (C=O) groups is 1. The lowest BCUT2D eigenvalue weighted by Crippen LogP contribution is -2.23. The van der Waals surface area contributed by atoms with E-state index in [0.717, 1.165) is 24.0 Å². The molecule has 0 fully saturated rings. The summed E-state index contributed by atoms with van der Waals surface area (Å²) in [6.07, 6.45) is 5.52. The van der Waals surface area contributed by atoms with Crippen LogP contribution in [0.3, 0.4) is 0 Å². The van der Waals surface area contributed by atoms with E-state index in [9.17, 15) is 9.90 Å². The summed E-state index contributed by atoms with van der Waals surface area (Å²) in [5, 5.41) is 9.42. The molecule has 0 aromatic carbocycles. The highest BCUT2D eigenvalue weighted by molar-refractivity contribution is 5.97. The average Bonchev–Trinajstić information content (AvgIpc) is 2.15. The maximum absolute atomic E-state index is 11.1. The molecule has 0 radical (unpaired) electrons. The highest BCUT2D eigenvalue weighted by Crippen LogP contribution is 2.19. The van der Waals surface area contributed by atoms with Crippen molar-refractivity contribution >= 4 is 5.78 Å². The van der Waals surface area contributed by atoms with Crippen LogP contribution in [-0.4, -0.2) is 17.0 Å². The molecular weight excluding hydrogens is 188 g/mol. The van der Waals surface area contributed by atoms with Crippen LogP contribution in [-0.2, 0) is 4.79 Å². The highest BCUT2D eigenvalue weighted by Gasteiger charge is 2.20. The van der Waals surface area contributed by atoms with Crippen LogP contribution in [0.4, 0.5) is 0 Å². The minimum Gasteiger partial charge on any atom is -0.381 e.